The van der Waals surface area contributed by atoms with Gasteiger partial charge in [0.05, 0.1) is 15.5 Å². The van der Waals surface area contributed by atoms with Gasteiger partial charge in [0.15, 0.2) is 5.75 Å². The smallest absolute Gasteiger partial charge is 0.312 e. The van der Waals surface area contributed by atoms with Crippen LogP contribution >= 0.6 is 0 Å². The molecule has 0 bridgehead atoms. The van der Waals surface area contributed by atoms with Crippen molar-refractivity contribution in [1.82, 2.24) is 0 Å². The molecule has 0 saturated carbocycles. The van der Waals surface area contributed by atoms with Crippen molar-refractivity contribution in [2.24, 2.45) is 0 Å². The molecule has 0 unspecified atom stereocenters. The molecular weight excluding hydrogens is 296 g/mol. The van der Waals surface area contributed by atoms with Gasteiger partial charge in [-0.05, 0) is 24.3 Å². The first-order valence-corrected chi connectivity index (χ1v) is 7.29. The molecule has 0 fully saturated rings. The van der Waals surface area contributed by atoms with Crippen molar-refractivity contribution < 1.29 is 18.4 Å². The summed E-state index contributed by atoms with van der Waals surface area (Å²) < 4.78 is 25.9. The Balaban J connectivity index is 2.50. The Labute approximate surface area is 121 Å². The maximum Gasteiger partial charge on any atom is 0.312 e. The molecular formula is C13H12N2O5S. The largest absolute Gasteiger partial charge is 0.502 e. The minimum Gasteiger partial charge on any atom is -0.502 e. The van der Waals surface area contributed by atoms with E-state index in [1.807, 2.05) is 0 Å². The number of para-hydroxylation sites is 1. The summed E-state index contributed by atoms with van der Waals surface area (Å²) in [6.45, 7) is 0. The van der Waals surface area contributed by atoms with Gasteiger partial charge in [0.1, 0.15) is 0 Å². The molecule has 0 aliphatic carbocycles. The highest BCUT2D eigenvalue weighted by molar-refractivity contribution is 7.92. The molecule has 0 heterocycles. The Bertz CT molecular complexity index is 774. The molecule has 2 rings (SSSR count). The zero-order valence-electron chi connectivity index (χ0n) is 11.0. The molecule has 21 heavy (non-hydrogen) atoms. The highest BCUT2D eigenvalue weighted by Gasteiger charge is 2.25. The van der Waals surface area contributed by atoms with Crippen molar-refractivity contribution >= 4 is 21.4 Å². The lowest BCUT2D eigenvalue weighted by atomic mass is 10.3. The van der Waals surface area contributed by atoms with Crippen molar-refractivity contribution in [3.05, 3.63) is 58.6 Å². The second-order valence-corrected chi connectivity index (χ2v) is 6.18. The molecule has 8 heteroatoms. The third kappa shape index (κ3) is 2.79. The lowest BCUT2D eigenvalue weighted by Gasteiger charge is -2.19. The van der Waals surface area contributed by atoms with E-state index in [9.17, 15) is 23.6 Å². The van der Waals surface area contributed by atoms with E-state index in [0.717, 1.165) is 22.5 Å². The second kappa shape index (κ2) is 5.41. The summed E-state index contributed by atoms with van der Waals surface area (Å²) >= 11 is 0. The monoisotopic (exact) mass is 308 g/mol. The lowest BCUT2D eigenvalue weighted by molar-refractivity contribution is -0.386. The van der Waals surface area contributed by atoms with Gasteiger partial charge in [-0.1, -0.05) is 18.2 Å². The number of nitro groups is 1. The van der Waals surface area contributed by atoms with Gasteiger partial charge in [0.25, 0.3) is 10.0 Å². The summed E-state index contributed by atoms with van der Waals surface area (Å²) in [4.78, 5) is 9.68. The number of hydrogen-bond acceptors (Lipinski definition) is 5. The highest BCUT2D eigenvalue weighted by Crippen LogP contribution is 2.30. The van der Waals surface area contributed by atoms with Crippen LogP contribution in [-0.2, 0) is 10.0 Å². The zero-order chi connectivity index (χ0) is 15.6. The van der Waals surface area contributed by atoms with Gasteiger partial charge in [-0.3, -0.25) is 14.4 Å². The van der Waals surface area contributed by atoms with Crippen LogP contribution in [0.2, 0.25) is 0 Å². The predicted octanol–water partition coefficient (Wildman–Crippen LogP) is 2.13. The molecule has 7 nitrogen and oxygen atoms in total. The van der Waals surface area contributed by atoms with E-state index < -0.39 is 26.4 Å². The van der Waals surface area contributed by atoms with E-state index in [2.05, 4.69) is 0 Å². The molecule has 2 aromatic carbocycles. The van der Waals surface area contributed by atoms with Crippen LogP contribution in [0.5, 0.6) is 5.75 Å². The van der Waals surface area contributed by atoms with Crippen LogP contribution in [0.4, 0.5) is 11.4 Å². The molecule has 0 spiro atoms. The third-order valence-electron chi connectivity index (χ3n) is 2.92. The molecule has 1 N–H and O–H groups in total. The summed E-state index contributed by atoms with van der Waals surface area (Å²) in [6.07, 6.45) is 0. The van der Waals surface area contributed by atoms with E-state index in [4.69, 9.17) is 0 Å². The zero-order valence-corrected chi connectivity index (χ0v) is 11.8. The fourth-order valence-corrected chi connectivity index (χ4v) is 2.96. The van der Waals surface area contributed by atoms with Gasteiger partial charge >= 0.3 is 5.69 Å². The standard InChI is InChI=1S/C13H12N2O5S/c1-14(10-5-3-2-4-6-10)21(19,20)11-7-8-13(16)12(9-11)15(17)18/h2-9,16H,1H3. The number of hydrogen-bond donors (Lipinski definition) is 1. The topological polar surface area (TPSA) is 101 Å². The number of rotatable bonds is 4. The summed E-state index contributed by atoms with van der Waals surface area (Å²) in [5.74, 6) is -0.582. The maximum atomic E-state index is 12.4. The molecule has 0 radical (unpaired) electrons. The minimum absolute atomic E-state index is 0.265. The Morgan fingerprint density at radius 3 is 2.33 bits per heavy atom. The van der Waals surface area contributed by atoms with Crippen LogP contribution in [0.3, 0.4) is 0 Å². The lowest BCUT2D eigenvalue weighted by Crippen LogP contribution is -2.26. The highest BCUT2D eigenvalue weighted by atomic mass is 32.2. The average molecular weight is 308 g/mol. The number of anilines is 1. The van der Waals surface area contributed by atoms with Crippen molar-refractivity contribution in [2.75, 3.05) is 11.4 Å². The van der Waals surface area contributed by atoms with E-state index in [0.29, 0.717) is 5.69 Å². The number of phenolic OH excluding ortho intramolecular Hbond substituents is 1. The minimum atomic E-state index is -3.95. The number of sulfonamides is 1. The van der Waals surface area contributed by atoms with Gasteiger partial charge in [-0.25, -0.2) is 8.42 Å². The first-order valence-electron chi connectivity index (χ1n) is 5.85. The van der Waals surface area contributed by atoms with Gasteiger partial charge in [-0.2, -0.15) is 0 Å². The average Bonchev–Trinajstić information content (AvgIpc) is 2.47. The van der Waals surface area contributed by atoms with Crippen molar-refractivity contribution in [3.8, 4) is 5.75 Å². The second-order valence-electron chi connectivity index (χ2n) is 4.22. The van der Waals surface area contributed by atoms with Gasteiger partial charge in [-0.15, -0.1) is 0 Å². The Morgan fingerprint density at radius 1 is 1.14 bits per heavy atom. The summed E-state index contributed by atoms with van der Waals surface area (Å²) in [5, 5.41) is 20.2. The molecule has 0 aliphatic heterocycles. The Hall–Kier alpha value is -2.61. The fraction of sp³-hybridized carbons (Fsp3) is 0.0769. The van der Waals surface area contributed by atoms with Crippen molar-refractivity contribution in [2.45, 2.75) is 4.90 Å². The van der Waals surface area contributed by atoms with Crippen LogP contribution in [-0.4, -0.2) is 25.5 Å². The normalized spacial score (nSPS) is 11.1. The van der Waals surface area contributed by atoms with Crippen molar-refractivity contribution in [1.29, 1.82) is 0 Å². The Morgan fingerprint density at radius 2 is 1.76 bits per heavy atom. The van der Waals surface area contributed by atoms with Gasteiger partial charge in [0, 0.05) is 13.1 Å². The molecule has 0 aromatic heterocycles. The number of aromatic hydroxyl groups is 1. The number of nitro benzene ring substituents is 1. The maximum absolute atomic E-state index is 12.4. The van der Waals surface area contributed by atoms with E-state index in [1.54, 1.807) is 30.3 Å². The third-order valence-corrected chi connectivity index (χ3v) is 4.70. The van der Waals surface area contributed by atoms with Crippen LogP contribution in [0.1, 0.15) is 0 Å². The van der Waals surface area contributed by atoms with E-state index in [1.165, 1.54) is 7.05 Å². The van der Waals surface area contributed by atoms with Gasteiger partial charge < -0.3 is 5.11 Å². The SMILES string of the molecule is CN(c1ccccc1)S(=O)(=O)c1ccc(O)c([N+](=O)[O-])c1. The number of phenols is 1. The molecule has 0 saturated heterocycles. The van der Waals surface area contributed by atoms with Gasteiger partial charge in [0.2, 0.25) is 0 Å². The molecule has 0 aliphatic rings. The van der Waals surface area contributed by atoms with Crippen LogP contribution in [0.15, 0.2) is 53.4 Å². The number of benzene rings is 2. The summed E-state index contributed by atoms with van der Waals surface area (Å²) in [5.41, 5.74) is -0.231. The fourth-order valence-electron chi connectivity index (χ4n) is 1.74. The summed E-state index contributed by atoms with van der Waals surface area (Å²) in [6, 6.07) is 11.3. The molecule has 110 valence electrons. The first-order chi connectivity index (χ1) is 9.84. The quantitative estimate of drug-likeness (QED) is 0.688. The van der Waals surface area contributed by atoms with Crippen molar-refractivity contribution in [3.63, 3.8) is 0 Å². The van der Waals surface area contributed by atoms with Crippen LogP contribution in [0.25, 0.3) is 0 Å². The first kappa shape index (κ1) is 14.8. The molecule has 2 aromatic rings. The van der Waals surface area contributed by atoms with Crippen LogP contribution < -0.4 is 4.31 Å². The van der Waals surface area contributed by atoms with Crippen LogP contribution in [0, 0.1) is 10.1 Å². The Kier molecular flexibility index (Phi) is 3.81. The molecule has 0 atom stereocenters. The molecule has 0 amide bonds. The van der Waals surface area contributed by atoms with E-state index in [-0.39, 0.29) is 4.90 Å². The summed E-state index contributed by atoms with van der Waals surface area (Å²) in [7, 11) is -2.60. The predicted molar refractivity (Wildman–Crippen MR) is 76.8 cm³/mol. The number of nitrogens with zero attached hydrogens (tertiary/aromatic N) is 2. The van der Waals surface area contributed by atoms with E-state index >= 15 is 0 Å².